The molecule has 0 atom stereocenters. The van der Waals surface area contributed by atoms with Crippen molar-refractivity contribution in [1.82, 2.24) is 20.2 Å². The number of hydrogen-bond acceptors (Lipinski definition) is 3. The molecule has 5 nitrogen and oxygen atoms in total. The fourth-order valence-electron chi connectivity index (χ4n) is 3.77. The Kier molecular flexibility index (Phi) is 5.69. The highest BCUT2D eigenvalue weighted by Crippen LogP contribution is 2.30. The molecule has 1 aliphatic heterocycles. The second-order valence-corrected chi connectivity index (χ2v) is 8.59. The number of amides is 1. The number of rotatable bonds is 5. The summed E-state index contributed by atoms with van der Waals surface area (Å²) in [6.07, 6.45) is 4.22. The average Bonchev–Trinajstić information content (AvgIpc) is 3.15. The maximum absolute atomic E-state index is 15.2. The van der Waals surface area contributed by atoms with Crippen LogP contribution in [-0.4, -0.2) is 46.1 Å². The molecule has 0 bridgehead atoms. The number of pyridine rings is 1. The number of likely N-dealkylation sites (tertiary alicyclic amines) is 1. The first kappa shape index (κ1) is 20.0. The summed E-state index contributed by atoms with van der Waals surface area (Å²) in [5.41, 5.74) is 2.25. The molecule has 3 aromatic rings. The molecule has 1 fully saturated rings. The van der Waals surface area contributed by atoms with Gasteiger partial charge in [0.15, 0.2) is 0 Å². The van der Waals surface area contributed by atoms with Crippen molar-refractivity contribution >= 4 is 32.7 Å². The molecule has 0 spiro atoms. The summed E-state index contributed by atoms with van der Waals surface area (Å²) in [5, 5.41) is 4.07. The van der Waals surface area contributed by atoms with Gasteiger partial charge in [0.2, 0.25) is 0 Å². The highest BCUT2D eigenvalue weighted by Gasteiger charge is 2.36. The Hall–Kier alpha value is -2.25. The molecule has 1 saturated heterocycles. The Morgan fingerprint density at radius 1 is 1.31 bits per heavy atom. The lowest BCUT2D eigenvalue weighted by Crippen LogP contribution is -2.48. The fourth-order valence-corrected chi connectivity index (χ4v) is 4.25. The van der Waals surface area contributed by atoms with E-state index in [4.69, 9.17) is 0 Å². The van der Waals surface area contributed by atoms with E-state index in [2.05, 4.69) is 31.2 Å². The Morgan fingerprint density at radius 2 is 2.10 bits per heavy atom. The predicted octanol–water partition coefficient (Wildman–Crippen LogP) is 4.37. The number of aromatic nitrogens is 2. The minimum absolute atomic E-state index is 0.0479. The Bertz CT molecular complexity index is 1010. The standard InChI is InChI=1S/C22H24BrFN4O/c1-15-5-6-16(26-11-15)12-25-14-22(24)7-9-28(10-8-22)21(29)18-13-27-20-17(18)3-2-4-19(20)23/h2-6,11,13,25,27H,7-10,12,14H2,1H3. The summed E-state index contributed by atoms with van der Waals surface area (Å²) >= 11 is 3.50. The molecule has 29 heavy (non-hydrogen) atoms. The predicted molar refractivity (Wildman–Crippen MR) is 116 cm³/mol. The van der Waals surface area contributed by atoms with E-state index in [1.54, 1.807) is 11.1 Å². The molecular formula is C22H24BrFN4O. The maximum Gasteiger partial charge on any atom is 0.256 e. The van der Waals surface area contributed by atoms with Crippen molar-refractivity contribution in [1.29, 1.82) is 0 Å². The minimum atomic E-state index is -1.30. The largest absolute Gasteiger partial charge is 0.359 e. The first-order valence-electron chi connectivity index (χ1n) is 9.81. The van der Waals surface area contributed by atoms with Crippen LogP contribution in [0.2, 0.25) is 0 Å². The number of nitrogens with one attached hydrogen (secondary N) is 2. The third kappa shape index (κ3) is 4.36. The van der Waals surface area contributed by atoms with Gasteiger partial charge in [-0.15, -0.1) is 0 Å². The molecular weight excluding hydrogens is 435 g/mol. The van der Waals surface area contributed by atoms with Crippen molar-refractivity contribution in [3.63, 3.8) is 0 Å². The van der Waals surface area contributed by atoms with Crippen molar-refractivity contribution in [3.05, 3.63) is 64.0 Å². The number of halogens is 2. The third-order valence-corrected chi connectivity index (χ3v) is 6.22. The van der Waals surface area contributed by atoms with Crippen molar-refractivity contribution in [2.75, 3.05) is 19.6 Å². The van der Waals surface area contributed by atoms with Crippen LogP contribution in [-0.2, 0) is 6.54 Å². The first-order valence-corrected chi connectivity index (χ1v) is 10.6. The first-order chi connectivity index (χ1) is 14.0. The van der Waals surface area contributed by atoms with Crippen molar-refractivity contribution in [2.45, 2.75) is 32.0 Å². The minimum Gasteiger partial charge on any atom is -0.359 e. The average molecular weight is 459 g/mol. The number of benzene rings is 1. The van der Waals surface area contributed by atoms with Crippen molar-refractivity contribution in [3.8, 4) is 0 Å². The van der Waals surface area contributed by atoms with E-state index in [0.717, 1.165) is 26.6 Å². The lowest BCUT2D eigenvalue weighted by Gasteiger charge is -2.36. The normalized spacial score (nSPS) is 16.3. The van der Waals surface area contributed by atoms with Crippen LogP contribution in [0.4, 0.5) is 4.39 Å². The van der Waals surface area contributed by atoms with Gasteiger partial charge in [0.25, 0.3) is 5.91 Å². The van der Waals surface area contributed by atoms with Crippen molar-refractivity contribution in [2.24, 2.45) is 0 Å². The van der Waals surface area contributed by atoms with E-state index < -0.39 is 5.67 Å². The quantitative estimate of drug-likeness (QED) is 0.596. The Labute approximate surface area is 177 Å². The number of piperidine rings is 1. The van der Waals surface area contributed by atoms with E-state index in [1.165, 1.54) is 0 Å². The molecule has 152 valence electrons. The van der Waals surface area contributed by atoms with Gasteiger partial charge in [-0.1, -0.05) is 18.2 Å². The van der Waals surface area contributed by atoms with Crippen LogP contribution in [0.3, 0.4) is 0 Å². The zero-order valence-corrected chi connectivity index (χ0v) is 17.9. The van der Waals surface area contributed by atoms with Gasteiger partial charge in [-0.3, -0.25) is 9.78 Å². The summed E-state index contributed by atoms with van der Waals surface area (Å²) in [5.74, 6) is -0.0479. The number of aryl methyl sites for hydroxylation is 1. The van der Waals surface area contributed by atoms with E-state index in [-0.39, 0.29) is 12.5 Å². The number of carbonyl (C=O) groups excluding carboxylic acids is 1. The second kappa shape index (κ2) is 8.24. The number of hydrogen-bond donors (Lipinski definition) is 2. The molecule has 2 aromatic heterocycles. The summed E-state index contributed by atoms with van der Waals surface area (Å²) in [4.78, 5) is 22.2. The molecule has 7 heteroatoms. The summed E-state index contributed by atoms with van der Waals surface area (Å²) < 4.78 is 16.1. The van der Waals surface area contributed by atoms with Gasteiger partial charge >= 0.3 is 0 Å². The molecule has 0 radical (unpaired) electrons. The number of aromatic amines is 1. The zero-order chi connectivity index (χ0) is 20.4. The number of H-pyrrole nitrogens is 1. The molecule has 1 aromatic carbocycles. The molecule has 2 N–H and O–H groups in total. The van der Waals surface area contributed by atoms with Crippen molar-refractivity contribution < 1.29 is 9.18 Å². The van der Waals surface area contributed by atoms with Gasteiger partial charge in [-0.2, -0.15) is 0 Å². The van der Waals surface area contributed by atoms with Crippen LogP contribution in [0.25, 0.3) is 10.9 Å². The third-order valence-electron chi connectivity index (χ3n) is 5.56. The van der Waals surface area contributed by atoms with E-state index in [9.17, 15) is 4.79 Å². The van der Waals surface area contributed by atoms with E-state index in [1.807, 2.05) is 43.5 Å². The molecule has 4 rings (SSSR count). The van der Waals surface area contributed by atoms with Crippen LogP contribution in [0.5, 0.6) is 0 Å². The summed E-state index contributed by atoms with van der Waals surface area (Å²) in [6, 6.07) is 9.73. The van der Waals surface area contributed by atoms with Gasteiger partial charge in [0.1, 0.15) is 5.67 Å². The van der Waals surface area contributed by atoms with Crippen LogP contribution < -0.4 is 5.32 Å². The lowest BCUT2D eigenvalue weighted by atomic mass is 9.92. The van der Waals surface area contributed by atoms with Crippen LogP contribution >= 0.6 is 15.9 Å². The molecule has 0 unspecified atom stereocenters. The second-order valence-electron chi connectivity index (χ2n) is 7.74. The zero-order valence-electron chi connectivity index (χ0n) is 16.3. The molecule has 1 aliphatic rings. The highest BCUT2D eigenvalue weighted by molar-refractivity contribution is 9.10. The van der Waals surface area contributed by atoms with Gasteiger partial charge in [0.05, 0.1) is 16.8 Å². The topological polar surface area (TPSA) is 61.0 Å². The van der Waals surface area contributed by atoms with Crippen LogP contribution in [0.15, 0.2) is 47.2 Å². The fraction of sp³-hybridized carbons (Fsp3) is 0.364. The number of nitrogens with zero attached hydrogens (tertiary/aromatic N) is 2. The molecule has 1 amide bonds. The number of alkyl halides is 1. The highest BCUT2D eigenvalue weighted by atomic mass is 79.9. The van der Waals surface area contributed by atoms with Gasteiger partial charge in [-0.25, -0.2) is 4.39 Å². The monoisotopic (exact) mass is 458 g/mol. The number of para-hydroxylation sites is 1. The maximum atomic E-state index is 15.2. The van der Waals surface area contributed by atoms with E-state index >= 15 is 4.39 Å². The summed E-state index contributed by atoms with van der Waals surface area (Å²) in [7, 11) is 0. The van der Waals surface area contributed by atoms with Gasteiger partial charge in [0, 0.05) is 61.3 Å². The number of fused-ring (bicyclic) bond motifs is 1. The van der Waals surface area contributed by atoms with E-state index in [0.29, 0.717) is 38.0 Å². The Balaban J connectivity index is 1.33. The van der Waals surface area contributed by atoms with Crippen LogP contribution in [0.1, 0.15) is 34.5 Å². The molecule has 0 aliphatic carbocycles. The smallest absolute Gasteiger partial charge is 0.256 e. The SMILES string of the molecule is Cc1ccc(CNCC2(F)CCN(C(=O)c3c[nH]c4c(Br)cccc34)CC2)nc1. The van der Waals surface area contributed by atoms with Gasteiger partial charge < -0.3 is 15.2 Å². The number of carbonyl (C=O) groups is 1. The Morgan fingerprint density at radius 3 is 2.83 bits per heavy atom. The lowest BCUT2D eigenvalue weighted by molar-refractivity contribution is 0.0436. The summed E-state index contributed by atoms with van der Waals surface area (Å²) in [6.45, 7) is 3.63. The van der Waals surface area contributed by atoms with Gasteiger partial charge in [-0.05, 0) is 40.5 Å². The van der Waals surface area contributed by atoms with Crippen LogP contribution in [0, 0.1) is 6.92 Å². The molecule has 3 heterocycles. The molecule has 0 saturated carbocycles.